The van der Waals surface area contributed by atoms with E-state index in [1.807, 2.05) is 43.3 Å². The van der Waals surface area contributed by atoms with Crippen LogP contribution in [0.15, 0.2) is 67.1 Å². The van der Waals surface area contributed by atoms with Gasteiger partial charge in [0.25, 0.3) is 5.91 Å². The molecule has 0 saturated heterocycles. The average molecular weight is 444 g/mol. The van der Waals surface area contributed by atoms with Gasteiger partial charge in [-0.2, -0.15) is 0 Å². The molecule has 170 valence electrons. The van der Waals surface area contributed by atoms with E-state index in [9.17, 15) is 9.59 Å². The van der Waals surface area contributed by atoms with Crippen LogP contribution in [0.25, 0.3) is 0 Å². The smallest absolute Gasteiger partial charge is 0.251 e. The molecular weight excluding hydrogens is 414 g/mol. The molecule has 2 heterocycles. The van der Waals surface area contributed by atoms with Gasteiger partial charge in [-0.3, -0.25) is 19.6 Å². The lowest BCUT2D eigenvalue weighted by atomic mass is 10.1. The summed E-state index contributed by atoms with van der Waals surface area (Å²) >= 11 is 0. The molecule has 0 radical (unpaired) electrons. The van der Waals surface area contributed by atoms with Crippen molar-refractivity contribution in [2.45, 2.75) is 45.1 Å². The maximum atomic E-state index is 13.0. The number of nitrogens with one attached hydrogen (secondary N) is 3. The van der Waals surface area contributed by atoms with E-state index in [1.165, 1.54) is 12.8 Å². The van der Waals surface area contributed by atoms with Crippen molar-refractivity contribution in [2.24, 2.45) is 5.92 Å². The molecule has 1 aliphatic carbocycles. The minimum Gasteiger partial charge on any atom is -0.355 e. The Kier molecular flexibility index (Phi) is 7.29. The number of hydrogen-bond donors (Lipinski definition) is 3. The first-order chi connectivity index (χ1) is 16.1. The van der Waals surface area contributed by atoms with Crippen LogP contribution < -0.4 is 16.0 Å². The molecule has 1 aromatic carbocycles. The molecule has 2 amide bonds. The second-order valence-electron chi connectivity index (χ2n) is 8.37. The van der Waals surface area contributed by atoms with Crippen LogP contribution in [0.1, 0.15) is 48.7 Å². The fourth-order valence-electron chi connectivity index (χ4n) is 3.56. The van der Waals surface area contributed by atoms with Crippen LogP contribution in [0.2, 0.25) is 0 Å². The largest absolute Gasteiger partial charge is 0.355 e. The summed E-state index contributed by atoms with van der Waals surface area (Å²) in [6.07, 6.45) is 9.88. The number of amides is 2. The summed E-state index contributed by atoms with van der Waals surface area (Å²) in [6.45, 7) is 2.03. The zero-order valence-corrected chi connectivity index (χ0v) is 18.8. The summed E-state index contributed by atoms with van der Waals surface area (Å²) in [5.41, 5.74) is 3.89. The quantitative estimate of drug-likeness (QED) is 0.422. The number of aromatic nitrogens is 2. The molecule has 1 saturated carbocycles. The van der Waals surface area contributed by atoms with Gasteiger partial charge in [0.05, 0.1) is 11.9 Å². The number of pyridine rings is 2. The van der Waals surface area contributed by atoms with Crippen molar-refractivity contribution < 1.29 is 9.59 Å². The topological polar surface area (TPSA) is 96.0 Å². The average Bonchev–Trinajstić information content (AvgIpc) is 3.68. The first kappa shape index (κ1) is 22.5. The summed E-state index contributed by atoms with van der Waals surface area (Å²) in [4.78, 5) is 34.2. The lowest BCUT2D eigenvalue weighted by Crippen LogP contribution is -2.43. The predicted octanol–water partition coefficient (Wildman–Crippen LogP) is 4.71. The van der Waals surface area contributed by atoms with Crippen LogP contribution in [-0.4, -0.2) is 27.8 Å². The zero-order valence-electron chi connectivity index (χ0n) is 18.8. The Labute approximate surface area is 194 Å². The van der Waals surface area contributed by atoms with Crippen molar-refractivity contribution in [3.63, 3.8) is 0 Å². The van der Waals surface area contributed by atoms with Crippen LogP contribution in [-0.2, 0) is 11.2 Å². The van der Waals surface area contributed by atoms with Gasteiger partial charge in [-0.05, 0) is 73.7 Å². The number of aryl methyl sites for hydroxylation is 1. The van der Waals surface area contributed by atoms with Crippen molar-refractivity contribution in [1.82, 2.24) is 15.3 Å². The summed E-state index contributed by atoms with van der Waals surface area (Å²) in [5, 5.41) is 9.09. The van der Waals surface area contributed by atoms with E-state index in [1.54, 1.807) is 30.7 Å². The van der Waals surface area contributed by atoms with E-state index in [2.05, 4.69) is 25.9 Å². The molecule has 1 unspecified atom stereocenters. The molecule has 1 atom stereocenters. The van der Waals surface area contributed by atoms with Gasteiger partial charge in [0, 0.05) is 35.0 Å². The number of benzene rings is 1. The van der Waals surface area contributed by atoms with Crippen LogP contribution in [0, 0.1) is 5.92 Å². The van der Waals surface area contributed by atoms with Gasteiger partial charge in [0.1, 0.15) is 6.04 Å². The lowest BCUT2D eigenvalue weighted by molar-refractivity contribution is -0.118. The number of hydrogen-bond acceptors (Lipinski definition) is 5. The number of carbonyl (C=O) groups excluding carboxylic acids is 2. The Morgan fingerprint density at radius 2 is 1.67 bits per heavy atom. The summed E-state index contributed by atoms with van der Waals surface area (Å²) in [7, 11) is 0. The molecule has 0 aliphatic heterocycles. The van der Waals surface area contributed by atoms with Gasteiger partial charge < -0.3 is 16.0 Å². The third-order valence-corrected chi connectivity index (χ3v) is 5.75. The molecule has 0 bridgehead atoms. The molecular formula is C26H29N5O2. The molecule has 2 aromatic heterocycles. The molecule has 7 nitrogen and oxygen atoms in total. The van der Waals surface area contributed by atoms with Gasteiger partial charge in [0.15, 0.2) is 0 Å². The van der Waals surface area contributed by atoms with E-state index < -0.39 is 6.04 Å². The van der Waals surface area contributed by atoms with Crippen LogP contribution in [0.3, 0.4) is 0 Å². The molecule has 4 rings (SSSR count). The van der Waals surface area contributed by atoms with Gasteiger partial charge >= 0.3 is 0 Å². The highest BCUT2D eigenvalue weighted by Crippen LogP contribution is 2.34. The SMILES string of the molecule is CCc1ccc(NC(=O)C(CCC2CC2)NC(=O)c2ccc(Nc3ccncc3)cc2)cn1. The normalized spacial score (nSPS) is 13.7. The molecule has 1 fully saturated rings. The molecule has 1 aliphatic rings. The first-order valence-corrected chi connectivity index (χ1v) is 11.4. The fraction of sp³-hybridized carbons (Fsp3) is 0.308. The summed E-state index contributed by atoms with van der Waals surface area (Å²) in [5.74, 6) is 0.188. The van der Waals surface area contributed by atoms with E-state index in [0.717, 1.165) is 29.9 Å². The van der Waals surface area contributed by atoms with Crippen molar-refractivity contribution in [3.8, 4) is 0 Å². The standard InChI is InChI=1S/C26H29N5O2/c1-2-20-10-11-23(17-28-20)30-26(33)24(12-5-18-3-4-18)31-25(32)19-6-8-21(9-7-19)29-22-13-15-27-16-14-22/h6-11,13-18,24H,2-5,12H2,1H3,(H,27,29)(H,30,33)(H,31,32). The summed E-state index contributed by atoms with van der Waals surface area (Å²) < 4.78 is 0. The van der Waals surface area contributed by atoms with Crippen molar-refractivity contribution in [1.29, 1.82) is 0 Å². The Morgan fingerprint density at radius 3 is 2.30 bits per heavy atom. The maximum absolute atomic E-state index is 13.0. The third kappa shape index (κ3) is 6.62. The third-order valence-electron chi connectivity index (χ3n) is 5.75. The fourth-order valence-corrected chi connectivity index (χ4v) is 3.56. The molecule has 33 heavy (non-hydrogen) atoms. The Bertz CT molecular complexity index is 1060. The monoisotopic (exact) mass is 443 g/mol. The summed E-state index contributed by atoms with van der Waals surface area (Å²) in [6, 6.07) is 14.1. The predicted molar refractivity (Wildman–Crippen MR) is 129 cm³/mol. The van der Waals surface area contributed by atoms with Crippen LogP contribution in [0.5, 0.6) is 0 Å². The first-order valence-electron chi connectivity index (χ1n) is 11.4. The van der Waals surface area contributed by atoms with Crippen molar-refractivity contribution >= 4 is 28.9 Å². The minimum absolute atomic E-state index is 0.217. The van der Waals surface area contributed by atoms with Gasteiger partial charge in [-0.25, -0.2) is 0 Å². The number of rotatable bonds is 10. The van der Waals surface area contributed by atoms with E-state index >= 15 is 0 Å². The highest BCUT2D eigenvalue weighted by molar-refractivity contribution is 6.01. The minimum atomic E-state index is -0.599. The van der Waals surface area contributed by atoms with Crippen LogP contribution in [0.4, 0.5) is 17.1 Å². The Hall–Kier alpha value is -3.74. The number of nitrogens with zero attached hydrogens (tertiary/aromatic N) is 2. The van der Waals surface area contributed by atoms with Crippen molar-refractivity contribution in [3.05, 3.63) is 78.4 Å². The highest BCUT2D eigenvalue weighted by Gasteiger charge is 2.27. The zero-order chi connectivity index (χ0) is 23.0. The van der Waals surface area contributed by atoms with E-state index in [4.69, 9.17) is 0 Å². The van der Waals surface area contributed by atoms with Crippen molar-refractivity contribution in [2.75, 3.05) is 10.6 Å². The Morgan fingerprint density at radius 1 is 0.970 bits per heavy atom. The van der Waals surface area contributed by atoms with Crippen LogP contribution >= 0.6 is 0 Å². The maximum Gasteiger partial charge on any atom is 0.251 e. The van der Waals surface area contributed by atoms with E-state index in [0.29, 0.717) is 23.6 Å². The number of anilines is 3. The van der Waals surface area contributed by atoms with E-state index in [-0.39, 0.29) is 11.8 Å². The van der Waals surface area contributed by atoms with Gasteiger partial charge in [0.2, 0.25) is 5.91 Å². The lowest BCUT2D eigenvalue weighted by Gasteiger charge is -2.19. The molecule has 3 aromatic rings. The second-order valence-corrected chi connectivity index (χ2v) is 8.37. The number of carbonyl (C=O) groups is 2. The second kappa shape index (κ2) is 10.7. The van der Waals surface area contributed by atoms with Gasteiger partial charge in [-0.15, -0.1) is 0 Å². The molecule has 0 spiro atoms. The Balaban J connectivity index is 1.39. The molecule has 3 N–H and O–H groups in total. The van der Waals surface area contributed by atoms with Gasteiger partial charge in [-0.1, -0.05) is 19.8 Å². The highest BCUT2D eigenvalue weighted by atomic mass is 16.2. The molecule has 7 heteroatoms.